The molecule has 0 amide bonds. The Kier molecular flexibility index (Phi) is 2.84. The normalized spacial score (nSPS) is 9.93. The largest absolute Gasteiger partial charge is 0.300 e. The summed E-state index contributed by atoms with van der Waals surface area (Å²) >= 11 is 5.79. The van der Waals surface area contributed by atoms with Gasteiger partial charge in [-0.15, -0.1) is 0 Å². The summed E-state index contributed by atoms with van der Waals surface area (Å²) < 4.78 is 0. The van der Waals surface area contributed by atoms with Crippen LogP contribution in [-0.2, 0) is 0 Å². The van der Waals surface area contributed by atoms with E-state index in [-0.39, 0.29) is 0 Å². The molecule has 0 heterocycles. The lowest BCUT2D eigenvalue weighted by Crippen LogP contribution is -2.00. The topological polar surface area (TPSA) is 23.9 Å². The lowest BCUT2D eigenvalue weighted by Gasteiger charge is -2.03. The van der Waals surface area contributed by atoms with E-state index in [9.17, 15) is 0 Å². The average Bonchev–Trinajstić information content (AvgIpc) is 2.30. The summed E-state index contributed by atoms with van der Waals surface area (Å²) in [5.74, 6) is 0. The molecule has 0 spiro atoms. The van der Waals surface area contributed by atoms with Crippen molar-refractivity contribution >= 4 is 17.3 Å². The van der Waals surface area contributed by atoms with Crippen LogP contribution in [0, 0.1) is 5.41 Å². The standard InChI is InChI=1S/C13H10ClN/c14-12-8-6-11(7-9-12)13(15)10-4-2-1-3-5-10/h1-9,15H. The fraction of sp³-hybridized carbons (Fsp3) is 0. The first-order chi connectivity index (χ1) is 7.27. The van der Waals surface area contributed by atoms with E-state index >= 15 is 0 Å². The van der Waals surface area contributed by atoms with Crippen LogP contribution in [0.3, 0.4) is 0 Å². The first-order valence-electron chi connectivity index (χ1n) is 4.67. The Balaban J connectivity index is 2.33. The van der Waals surface area contributed by atoms with Crippen LogP contribution in [0.15, 0.2) is 54.6 Å². The minimum Gasteiger partial charge on any atom is -0.300 e. The van der Waals surface area contributed by atoms with Crippen molar-refractivity contribution in [2.45, 2.75) is 0 Å². The molecule has 0 atom stereocenters. The fourth-order valence-corrected chi connectivity index (χ4v) is 1.51. The summed E-state index contributed by atoms with van der Waals surface area (Å²) in [6.45, 7) is 0. The Morgan fingerprint density at radius 2 is 1.33 bits per heavy atom. The highest BCUT2D eigenvalue weighted by Crippen LogP contribution is 2.13. The molecule has 2 aromatic rings. The van der Waals surface area contributed by atoms with Crippen LogP contribution < -0.4 is 0 Å². The number of hydrogen-bond donors (Lipinski definition) is 1. The van der Waals surface area contributed by atoms with E-state index in [4.69, 9.17) is 17.0 Å². The maximum atomic E-state index is 8.00. The molecule has 0 bridgehead atoms. The smallest absolute Gasteiger partial charge is 0.0684 e. The molecule has 15 heavy (non-hydrogen) atoms. The molecule has 1 N–H and O–H groups in total. The van der Waals surface area contributed by atoms with Gasteiger partial charge in [0.05, 0.1) is 5.71 Å². The maximum Gasteiger partial charge on any atom is 0.0684 e. The third-order valence-corrected chi connectivity index (χ3v) is 2.45. The van der Waals surface area contributed by atoms with E-state index in [1.807, 2.05) is 42.5 Å². The van der Waals surface area contributed by atoms with Crippen molar-refractivity contribution in [3.63, 3.8) is 0 Å². The third kappa shape index (κ3) is 2.25. The van der Waals surface area contributed by atoms with E-state index in [1.54, 1.807) is 12.1 Å². The Morgan fingerprint density at radius 1 is 0.800 bits per heavy atom. The van der Waals surface area contributed by atoms with E-state index in [0.717, 1.165) is 11.1 Å². The molecule has 0 aliphatic heterocycles. The van der Waals surface area contributed by atoms with Crippen LogP contribution in [0.2, 0.25) is 5.02 Å². The summed E-state index contributed by atoms with van der Waals surface area (Å²) in [7, 11) is 0. The van der Waals surface area contributed by atoms with Crippen LogP contribution in [0.25, 0.3) is 0 Å². The van der Waals surface area contributed by atoms with Crippen molar-refractivity contribution in [3.05, 3.63) is 70.7 Å². The maximum absolute atomic E-state index is 8.00. The van der Waals surface area contributed by atoms with Gasteiger partial charge in [0.1, 0.15) is 0 Å². The first kappa shape index (κ1) is 9.94. The molecule has 0 fully saturated rings. The van der Waals surface area contributed by atoms with Gasteiger partial charge in [0.25, 0.3) is 0 Å². The number of benzene rings is 2. The second-order valence-corrected chi connectivity index (χ2v) is 3.68. The van der Waals surface area contributed by atoms with Crippen molar-refractivity contribution in [3.8, 4) is 0 Å². The van der Waals surface area contributed by atoms with E-state index in [1.165, 1.54) is 0 Å². The third-order valence-electron chi connectivity index (χ3n) is 2.20. The average molecular weight is 216 g/mol. The molecule has 2 rings (SSSR count). The molecule has 0 aromatic heterocycles. The van der Waals surface area contributed by atoms with Gasteiger partial charge < -0.3 is 0 Å². The highest BCUT2D eigenvalue weighted by molar-refractivity contribution is 6.30. The van der Waals surface area contributed by atoms with Gasteiger partial charge in [-0.3, -0.25) is 5.41 Å². The minimum atomic E-state index is 0.521. The predicted molar refractivity (Wildman–Crippen MR) is 63.8 cm³/mol. The lowest BCUT2D eigenvalue weighted by molar-refractivity contribution is 1.46. The SMILES string of the molecule is N=C(c1ccccc1)c1ccc(Cl)cc1. The molecule has 74 valence electrons. The summed E-state index contributed by atoms with van der Waals surface area (Å²) in [5.41, 5.74) is 2.32. The van der Waals surface area contributed by atoms with Gasteiger partial charge in [0, 0.05) is 10.6 Å². The van der Waals surface area contributed by atoms with E-state index in [2.05, 4.69) is 0 Å². The van der Waals surface area contributed by atoms with Crippen LogP contribution in [0.4, 0.5) is 0 Å². The van der Waals surface area contributed by atoms with E-state index in [0.29, 0.717) is 10.7 Å². The van der Waals surface area contributed by atoms with E-state index < -0.39 is 0 Å². The highest BCUT2D eigenvalue weighted by atomic mass is 35.5. The van der Waals surface area contributed by atoms with Crippen molar-refractivity contribution in [1.29, 1.82) is 5.41 Å². The zero-order chi connectivity index (χ0) is 10.7. The van der Waals surface area contributed by atoms with Crippen LogP contribution in [-0.4, -0.2) is 5.71 Å². The monoisotopic (exact) mass is 215 g/mol. The Hall–Kier alpha value is -1.60. The summed E-state index contributed by atoms with van der Waals surface area (Å²) in [5, 5.41) is 8.69. The number of hydrogen-bond acceptors (Lipinski definition) is 1. The van der Waals surface area contributed by atoms with Crippen LogP contribution >= 0.6 is 11.6 Å². The molecule has 2 heteroatoms. The Bertz CT molecular complexity index is 460. The van der Waals surface area contributed by atoms with Crippen LogP contribution in [0.5, 0.6) is 0 Å². The Morgan fingerprint density at radius 3 is 1.93 bits per heavy atom. The Labute approximate surface area is 93.8 Å². The quantitative estimate of drug-likeness (QED) is 0.738. The molecule has 0 unspecified atom stereocenters. The highest BCUT2D eigenvalue weighted by Gasteiger charge is 2.02. The van der Waals surface area contributed by atoms with Gasteiger partial charge in [-0.1, -0.05) is 54.1 Å². The zero-order valence-corrected chi connectivity index (χ0v) is 8.83. The van der Waals surface area contributed by atoms with Crippen molar-refractivity contribution < 1.29 is 0 Å². The number of nitrogens with one attached hydrogen (secondary N) is 1. The predicted octanol–water partition coefficient (Wildman–Crippen LogP) is 3.76. The number of rotatable bonds is 2. The van der Waals surface area contributed by atoms with Gasteiger partial charge in [-0.2, -0.15) is 0 Å². The lowest BCUT2D eigenvalue weighted by atomic mass is 10.0. The molecule has 1 nitrogen and oxygen atoms in total. The zero-order valence-electron chi connectivity index (χ0n) is 8.07. The summed E-state index contributed by atoms with van der Waals surface area (Å²) in [6, 6.07) is 17.0. The van der Waals surface area contributed by atoms with Crippen molar-refractivity contribution in [1.82, 2.24) is 0 Å². The second-order valence-electron chi connectivity index (χ2n) is 3.25. The molecule has 0 saturated heterocycles. The minimum absolute atomic E-state index is 0.521. The molecular weight excluding hydrogens is 206 g/mol. The van der Waals surface area contributed by atoms with Gasteiger partial charge in [0.2, 0.25) is 0 Å². The second kappa shape index (κ2) is 4.28. The van der Waals surface area contributed by atoms with Crippen molar-refractivity contribution in [2.24, 2.45) is 0 Å². The molecule has 0 saturated carbocycles. The van der Waals surface area contributed by atoms with Gasteiger partial charge >= 0.3 is 0 Å². The first-order valence-corrected chi connectivity index (χ1v) is 5.05. The molecular formula is C13H10ClN. The molecule has 2 aromatic carbocycles. The number of halogens is 1. The summed E-state index contributed by atoms with van der Waals surface area (Å²) in [6.07, 6.45) is 0. The summed E-state index contributed by atoms with van der Waals surface area (Å²) in [4.78, 5) is 0. The van der Waals surface area contributed by atoms with Gasteiger partial charge in [-0.05, 0) is 17.7 Å². The fourth-order valence-electron chi connectivity index (χ4n) is 1.39. The van der Waals surface area contributed by atoms with Gasteiger partial charge in [0.15, 0.2) is 0 Å². The molecule has 0 aliphatic carbocycles. The van der Waals surface area contributed by atoms with Crippen molar-refractivity contribution in [2.75, 3.05) is 0 Å². The van der Waals surface area contributed by atoms with Gasteiger partial charge in [-0.25, -0.2) is 0 Å². The molecule has 0 radical (unpaired) electrons. The molecule has 0 aliphatic rings. The van der Waals surface area contributed by atoms with Crippen LogP contribution in [0.1, 0.15) is 11.1 Å².